The van der Waals surface area contributed by atoms with E-state index in [1.165, 1.54) is 0 Å². The third-order valence-corrected chi connectivity index (χ3v) is 4.00. The van der Waals surface area contributed by atoms with Crippen LogP contribution in [-0.4, -0.2) is 11.9 Å². The summed E-state index contributed by atoms with van der Waals surface area (Å²) in [6, 6.07) is 20.4. The van der Waals surface area contributed by atoms with E-state index >= 15 is 0 Å². The maximum absolute atomic E-state index is 12.6. The lowest BCUT2D eigenvalue weighted by Crippen LogP contribution is -2.59. The van der Waals surface area contributed by atoms with Crippen LogP contribution in [0.1, 0.15) is 31.2 Å². The Hall–Kier alpha value is -2.09. The highest BCUT2D eigenvalue weighted by Gasteiger charge is 2.47. The number of benzene rings is 2. The molecule has 0 unspecified atom stereocenters. The monoisotopic (exact) mass is 265 g/mol. The van der Waals surface area contributed by atoms with Crippen LogP contribution in [0.5, 0.6) is 0 Å². The van der Waals surface area contributed by atoms with Gasteiger partial charge in [-0.3, -0.25) is 4.79 Å². The van der Waals surface area contributed by atoms with Gasteiger partial charge in [0.1, 0.15) is 0 Å². The number of para-hydroxylation sites is 1. The van der Waals surface area contributed by atoms with Gasteiger partial charge >= 0.3 is 0 Å². The van der Waals surface area contributed by atoms with E-state index in [2.05, 4.69) is 19.1 Å². The molecule has 3 rings (SSSR count). The van der Waals surface area contributed by atoms with Crippen molar-refractivity contribution in [1.82, 2.24) is 0 Å². The van der Waals surface area contributed by atoms with Crippen molar-refractivity contribution in [3.05, 3.63) is 66.2 Å². The zero-order valence-corrected chi connectivity index (χ0v) is 11.7. The van der Waals surface area contributed by atoms with Gasteiger partial charge in [-0.25, -0.2) is 0 Å². The third-order valence-electron chi connectivity index (χ3n) is 4.00. The summed E-state index contributed by atoms with van der Waals surface area (Å²) < 4.78 is 0. The van der Waals surface area contributed by atoms with E-state index in [4.69, 9.17) is 0 Å². The van der Waals surface area contributed by atoms with Crippen LogP contribution < -0.4 is 4.90 Å². The third kappa shape index (κ3) is 2.11. The van der Waals surface area contributed by atoms with Crippen LogP contribution >= 0.6 is 0 Å². The molecule has 2 atom stereocenters. The Morgan fingerprint density at radius 2 is 1.55 bits per heavy atom. The van der Waals surface area contributed by atoms with Crippen molar-refractivity contribution in [3.63, 3.8) is 0 Å². The van der Waals surface area contributed by atoms with Gasteiger partial charge in [-0.15, -0.1) is 0 Å². The minimum absolute atomic E-state index is 0.0244. The van der Waals surface area contributed by atoms with E-state index < -0.39 is 0 Å². The lowest BCUT2D eigenvalue weighted by Gasteiger charge is -2.47. The molecule has 0 bridgehead atoms. The molecular weight excluding hydrogens is 246 g/mol. The number of β-lactam (4-membered cyclic amide) rings is 1. The van der Waals surface area contributed by atoms with E-state index in [0.717, 1.165) is 24.1 Å². The Balaban J connectivity index is 1.90. The maximum Gasteiger partial charge on any atom is 0.236 e. The molecule has 0 aromatic heterocycles. The second kappa shape index (κ2) is 5.49. The van der Waals surface area contributed by atoms with Crippen molar-refractivity contribution in [3.8, 4) is 0 Å². The van der Waals surface area contributed by atoms with Gasteiger partial charge in [0.15, 0.2) is 0 Å². The molecule has 1 saturated heterocycles. The smallest absolute Gasteiger partial charge is 0.236 e. The van der Waals surface area contributed by atoms with Crippen molar-refractivity contribution < 1.29 is 4.79 Å². The molecule has 0 aliphatic carbocycles. The first kappa shape index (κ1) is 12.9. The van der Waals surface area contributed by atoms with E-state index in [1.807, 2.05) is 53.4 Å². The molecule has 1 heterocycles. The van der Waals surface area contributed by atoms with Crippen LogP contribution in [0, 0.1) is 0 Å². The number of carbonyl (C=O) groups excluding carboxylic acids is 1. The first-order valence-electron chi connectivity index (χ1n) is 7.26. The van der Waals surface area contributed by atoms with E-state index in [9.17, 15) is 4.79 Å². The van der Waals surface area contributed by atoms with Gasteiger partial charge in [-0.05, 0) is 24.1 Å². The molecule has 1 aliphatic rings. The van der Waals surface area contributed by atoms with Gasteiger partial charge in [0.25, 0.3) is 0 Å². The summed E-state index contributed by atoms with van der Waals surface area (Å²) in [5.41, 5.74) is 2.16. The summed E-state index contributed by atoms with van der Waals surface area (Å²) in [7, 11) is 0. The fourth-order valence-electron chi connectivity index (χ4n) is 3.07. The van der Waals surface area contributed by atoms with Crippen molar-refractivity contribution in [1.29, 1.82) is 0 Å². The van der Waals surface area contributed by atoms with Gasteiger partial charge in [0.2, 0.25) is 5.91 Å². The van der Waals surface area contributed by atoms with Crippen LogP contribution in [0.25, 0.3) is 0 Å². The molecule has 2 heteroatoms. The van der Waals surface area contributed by atoms with Gasteiger partial charge in [-0.1, -0.05) is 61.9 Å². The zero-order chi connectivity index (χ0) is 13.9. The summed E-state index contributed by atoms with van der Waals surface area (Å²) >= 11 is 0. The number of hydrogen-bond acceptors (Lipinski definition) is 1. The molecule has 0 N–H and O–H groups in total. The number of carbonyl (C=O) groups is 1. The van der Waals surface area contributed by atoms with E-state index in [1.54, 1.807) is 0 Å². The SMILES string of the molecule is CCC[C@@H]1[C@@H](c2ccccc2)C(=O)N1c1ccccc1. The molecule has 2 nitrogen and oxygen atoms in total. The highest BCUT2D eigenvalue weighted by Crippen LogP contribution is 2.41. The lowest BCUT2D eigenvalue weighted by molar-refractivity contribution is -0.126. The Morgan fingerprint density at radius 3 is 2.15 bits per heavy atom. The maximum atomic E-state index is 12.6. The molecule has 2 aromatic rings. The van der Waals surface area contributed by atoms with Crippen LogP contribution in [-0.2, 0) is 4.79 Å². The molecular formula is C18H19NO. The zero-order valence-electron chi connectivity index (χ0n) is 11.7. The number of rotatable bonds is 4. The quantitative estimate of drug-likeness (QED) is 0.766. The number of hydrogen-bond donors (Lipinski definition) is 0. The minimum atomic E-state index is 0.0244. The second-order valence-corrected chi connectivity index (χ2v) is 5.29. The first-order chi connectivity index (χ1) is 9.83. The predicted octanol–water partition coefficient (Wildman–Crippen LogP) is 3.99. The van der Waals surface area contributed by atoms with Crippen LogP contribution in [0.2, 0.25) is 0 Å². The van der Waals surface area contributed by atoms with Crippen LogP contribution in [0.4, 0.5) is 5.69 Å². The summed E-state index contributed by atoms with van der Waals surface area (Å²) in [4.78, 5) is 14.5. The van der Waals surface area contributed by atoms with Gasteiger partial charge in [-0.2, -0.15) is 0 Å². The Kier molecular flexibility index (Phi) is 3.55. The molecule has 20 heavy (non-hydrogen) atoms. The molecule has 0 saturated carbocycles. The molecule has 0 radical (unpaired) electrons. The Labute approximate surface area is 120 Å². The molecule has 1 aliphatic heterocycles. The van der Waals surface area contributed by atoms with E-state index in [0.29, 0.717) is 0 Å². The average Bonchev–Trinajstić information content (AvgIpc) is 2.49. The molecule has 0 spiro atoms. The standard InChI is InChI=1S/C18H19NO/c1-2-9-16-17(14-10-5-3-6-11-14)18(20)19(16)15-12-7-4-8-13-15/h3-8,10-13,16-17H,2,9H2,1H3/t16-,17-/m1/s1. The van der Waals surface area contributed by atoms with E-state index in [-0.39, 0.29) is 17.9 Å². The van der Waals surface area contributed by atoms with Crippen molar-refractivity contribution in [2.24, 2.45) is 0 Å². The fourth-order valence-corrected chi connectivity index (χ4v) is 3.07. The highest BCUT2D eigenvalue weighted by atomic mass is 16.2. The molecule has 1 fully saturated rings. The normalized spacial score (nSPS) is 21.6. The second-order valence-electron chi connectivity index (χ2n) is 5.29. The fraction of sp³-hybridized carbons (Fsp3) is 0.278. The largest absolute Gasteiger partial charge is 0.308 e. The Morgan fingerprint density at radius 1 is 0.950 bits per heavy atom. The molecule has 102 valence electrons. The average molecular weight is 265 g/mol. The highest BCUT2D eigenvalue weighted by molar-refractivity contribution is 6.06. The van der Waals surface area contributed by atoms with Gasteiger partial charge in [0.05, 0.1) is 12.0 Å². The molecule has 1 amide bonds. The summed E-state index contributed by atoms with van der Waals surface area (Å²) in [5.74, 6) is 0.247. The number of amides is 1. The summed E-state index contributed by atoms with van der Waals surface area (Å²) in [5, 5.41) is 0. The van der Waals surface area contributed by atoms with Crippen molar-refractivity contribution >= 4 is 11.6 Å². The van der Waals surface area contributed by atoms with Gasteiger partial charge in [0, 0.05) is 5.69 Å². The number of anilines is 1. The summed E-state index contributed by atoms with van der Waals surface area (Å²) in [6.07, 6.45) is 2.13. The predicted molar refractivity (Wildman–Crippen MR) is 81.8 cm³/mol. The van der Waals surface area contributed by atoms with Gasteiger partial charge < -0.3 is 4.90 Å². The topological polar surface area (TPSA) is 20.3 Å². The minimum Gasteiger partial charge on any atom is -0.308 e. The van der Waals surface area contributed by atoms with Crippen LogP contribution in [0.3, 0.4) is 0 Å². The molecule has 2 aromatic carbocycles. The number of nitrogens with zero attached hydrogens (tertiary/aromatic N) is 1. The lowest BCUT2D eigenvalue weighted by atomic mass is 9.79. The summed E-state index contributed by atoms with van der Waals surface area (Å²) in [6.45, 7) is 2.17. The van der Waals surface area contributed by atoms with Crippen molar-refractivity contribution in [2.75, 3.05) is 4.90 Å². The Bertz CT molecular complexity index is 529. The van der Waals surface area contributed by atoms with Crippen LogP contribution in [0.15, 0.2) is 60.7 Å². The first-order valence-corrected chi connectivity index (χ1v) is 7.26. The van der Waals surface area contributed by atoms with Crippen molar-refractivity contribution in [2.45, 2.75) is 31.7 Å².